The fourth-order valence-corrected chi connectivity index (χ4v) is 2.37. The molecule has 2 rings (SSSR count). The van der Waals surface area contributed by atoms with E-state index in [4.69, 9.17) is 14.6 Å². The summed E-state index contributed by atoms with van der Waals surface area (Å²) in [6, 6.07) is 8.40. The minimum absolute atomic E-state index is 0.167. The number of rotatable bonds is 6. The van der Waals surface area contributed by atoms with Gasteiger partial charge in [-0.1, -0.05) is 0 Å². The molecule has 1 aliphatic heterocycles. The van der Waals surface area contributed by atoms with Gasteiger partial charge in [0, 0.05) is 24.5 Å². The second-order valence-corrected chi connectivity index (χ2v) is 5.71. The molecule has 21 heavy (non-hydrogen) atoms. The predicted molar refractivity (Wildman–Crippen MR) is 84.8 cm³/mol. The van der Waals surface area contributed by atoms with E-state index in [1.807, 2.05) is 13.8 Å². The van der Waals surface area contributed by atoms with E-state index in [9.17, 15) is 0 Å². The van der Waals surface area contributed by atoms with Crippen LogP contribution in [0.2, 0.25) is 0 Å². The van der Waals surface area contributed by atoms with Crippen molar-refractivity contribution < 1.29 is 14.6 Å². The molecule has 1 heterocycles. The van der Waals surface area contributed by atoms with Crippen LogP contribution in [0.5, 0.6) is 0 Å². The summed E-state index contributed by atoms with van der Waals surface area (Å²) < 4.78 is 11.3. The topological polar surface area (TPSA) is 54.0 Å². The molecule has 1 aromatic carbocycles. The van der Waals surface area contributed by atoms with Crippen LogP contribution in [0.1, 0.15) is 20.8 Å². The van der Waals surface area contributed by atoms with E-state index >= 15 is 0 Å². The van der Waals surface area contributed by atoms with E-state index in [1.54, 1.807) is 0 Å². The molecule has 1 aromatic rings. The lowest BCUT2D eigenvalue weighted by Gasteiger charge is -2.35. The summed E-state index contributed by atoms with van der Waals surface area (Å²) in [5.74, 6) is -0.478. The zero-order valence-corrected chi connectivity index (χ0v) is 13.1. The molecule has 0 amide bonds. The first-order valence-corrected chi connectivity index (χ1v) is 7.54. The Hall–Kier alpha value is -1.30. The first-order chi connectivity index (χ1) is 10.0. The Morgan fingerprint density at radius 1 is 1.24 bits per heavy atom. The van der Waals surface area contributed by atoms with Gasteiger partial charge in [0.25, 0.3) is 0 Å². The predicted octanol–water partition coefficient (Wildman–Crippen LogP) is 2.07. The van der Waals surface area contributed by atoms with Crippen LogP contribution in [0.15, 0.2) is 24.3 Å². The summed E-state index contributed by atoms with van der Waals surface area (Å²) in [6.45, 7) is 8.92. The van der Waals surface area contributed by atoms with E-state index in [2.05, 4.69) is 41.4 Å². The molecular formula is C16H26N2O3. The maximum atomic E-state index is 9.06. The standard InChI is InChI=1S/C16H26N2O3/c1-4-18(9-10-19)15-7-5-13(6-8-15)17-14-11-20-16(2,3)21-12-14/h5-8,14,17,19H,4,9-12H2,1-3H3. The lowest BCUT2D eigenvalue weighted by atomic mass is 10.2. The largest absolute Gasteiger partial charge is 0.395 e. The van der Waals surface area contributed by atoms with Crippen molar-refractivity contribution in [3.05, 3.63) is 24.3 Å². The minimum Gasteiger partial charge on any atom is -0.395 e. The molecule has 2 N–H and O–H groups in total. The number of nitrogens with one attached hydrogen (secondary N) is 1. The third-order valence-corrected chi connectivity index (χ3v) is 3.62. The molecule has 0 atom stereocenters. The quantitative estimate of drug-likeness (QED) is 0.841. The molecule has 5 nitrogen and oxygen atoms in total. The third kappa shape index (κ3) is 4.59. The fraction of sp³-hybridized carbons (Fsp3) is 0.625. The van der Waals surface area contributed by atoms with Gasteiger partial charge in [-0.3, -0.25) is 0 Å². The maximum Gasteiger partial charge on any atom is 0.162 e. The van der Waals surface area contributed by atoms with Gasteiger partial charge in [-0.25, -0.2) is 0 Å². The molecular weight excluding hydrogens is 268 g/mol. The van der Waals surface area contributed by atoms with Crippen molar-refractivity contribution in [2.24, 2.45) is 0 Å². The zero-order valence-electron chi connectivity index (χ0n) is 13.1. The van der Waals surface area contributed by atoms with Crippen LogP contribution in [-0.4, -0.2) is 49.8 Å². The fourth-order valence-electron chi connectivity index (χ4n) is 2.37. The normalized spacial score (nSPS) is 18.5. The number of ether oxygens (including phenoxy) is 2. The molecule has 0 aromatic heterocycles. The second-order valence-electron chi connectivity index (χ2n) is 5.71. The SMILES string of the molecule is CCN(CCO)c1ccc(NC2COC(C)(C)OC2)cc1. The summed E-state index contributed by atoms with van der Waals surface area (Å²) in [5.41, 5.74) is 2.17. The van der Waals surface area contributed by atoms with E-state index < -0.39 is 5.79 Å². The summed E-state index contributed by atoms with van der Waals surface area (Å²) in [4.78, 5) is 2.14. The van der Waals surface area contributed by atoms with Crippen LogP contribution >= 0.6 is 0 Å². The number of hydrogen-bond acceptors (Lipinski definition) is 5. The Morgan fingerprint density at radius 2 is 1.86 bits per heavy atom. The summed E-state index contributed by atoms with van der Waals surface area (Å²) in [6.07, 6.45) is 0. The molecule has 0 spiro atoms. The molecule has 118 valence electrons. The van der Waals surface area contributed by atoms with Gasteiger partial charge < -0.3 is 24.8 Å². The second kappa shape index (κ2) is 7.11. The minimum atomic E-state index is -0.478. The Bertz CT molecular complexity index is 424. The van der Waals surface area contributed by atoms with Crippen LogP contribution in [0.4, 0.5) is 11.4 Å². The van der Waals surface area contributed by atoms with Crippen molar-refractivity contribution in [1.29, 1.82) is 0 Å². The number of nitrogens with zero attached hydrogens (tertiary/aromatic N) is 1. The summed E-state index contributed by atoms with van der Waals surface area (Å²) in [7, 11) is 0. The molecule has 1 aliphatic rings. The lowest BCUT2D eigenvalue weighted by molar-refractivity contribution is -0.247. The van der Waals surface area contributed by atoms with E-state index in [-0.39, 0.29) is 12.6 Å². The van der Waals surface area contributed by atoms with Crippen molar-refractivity contribution >= 4 is 11.4 Å². The molecule has 0 radical (unpaired) electrons. The van der Waals surface area contributed by atoms with Crippen LogP contribution < -0.4 is 10.2 Å². The van der Waals surface area contributed by atoms with Gasteiger partial charge in [0.05, 0.1) is 25.9 Å². The van der Waals surface area contributed by atoms with Crippen molar-refractivity contribution in [2.45, 2.75) is 32.6 Å². The Balaban J connectivity index is 1.90. The van der Waals surface area contributed by atoms with Crippen LogP contribution in [0.3, 0.4) is 0 Å². The monoisotopic (exact) mass is 294 g/mol. The number of hydrogen-bond donors (Lipinski definition) is 2. The Morgan fingerprint density at radius 3 is 2.38 bits per heavy atom. The number of aliphatic hydroxyl groups is 1. The van der Waals surface area contributed by atoms with Crippen molar-refractivity contribution in [3.63, 3.8) is 0 Å². The maximum absolute atomic E-state index is 9.06. The van der Waals surface area contributed by atoms with E-state index in [1.165, 1.54) is 0 Å². The third-order valence-electron chi connectivity index (χ3n) is 3.62. The van der Waals surface area contributed by atoms with E-state index in [0.717, 1.165) is 17.9 Å². The molecule has 5 heteroatoms. The molecule has 0 aliphatic carbocycles. The highest BCUT2D eigenvalue weighted by Gasteiger charge is 2.28. The van der Waals surface area contributed by atoms with Crippen LogP contribution in [0.25, 0.3) is 0 Å². The van der Waals surface area contributed by atoms with Gasteiger partial charge in [-0.05, 0) is 45.0 Å². The van der Waals surface area contributed by atoms with Crippen molar-refractivity contribution in [1.82, 2.24) is 0 Å². The number of aliphatic hydroxyl groups excluding tert-OH is 1. The van der Waals surface area contributed by atoms with Crippen molar-refractivity contribution in [3.8, 4) is 0 Å². The van der Waals surface area contributed by atoms with Gasteiger partial charge in [-0.15, -0.1) is 0 Å². The Labute approximate surface area is 126 Å². The Kier molecular flexibility index (Phi) is 5.45. The van der Waals surface area contributed by atoms with Gasteiger partial charge >= 0.3 is 0 Å². The average molecular weight is 294 g/mol. The van der Waals surface area contributed by atoms with Gasteiger partial charge in [0.2, 0.25) is 0 Å². The average Bonchev–Trinajstić information content (AvgIpc) is 2.48. The highest BCUT2D eigenvalue weighted by atomic mass is 16.7. The lowest BCUT2D eigenvalue weighted by Crippen LogP contribution is -2.45. The highest BCUT2D eigenvalue weighted by molar-refractivity contribution is 5.55. The molecule has 0 bridgehead atoms. The summed E-state index contributed by atoms with van der Waals surface area (Å²) in [5, 5.41) is 12.5. The van der Waals surface area contributed by atoms with E-state index in [0.29, 0.717) is 19.8 Å². The van der Waals surface area contributed by atoms with Crippen molar-refractivity contribution in [2.75, 3.05) is 43.1 Å². The number of benzene rings is 1. The first-order valence-electron chi connectivity index (χ1n) is 7.54. The smallest absolute Gasteiger partial charge is 0.162 e. The summed E-state index contributed by atoms with van der Waals surface area (Å²) >= 11 is 0. The number of likely N-dealkylation sites (N-methyl/N-ethyl adjacent to an activating group) is 1. The van der Waals surface area contributed by atoms with Crippen LogP contribution in [-0.2, 0) is 9.47 Å². The first kappa shape index (κ1) is 16.1. The zero-order chi connectivity index (χ0) is 15.3. The van der Waals surface area contributed by atoms with Crippen LogP contribution in [0, 0.1) is 0 Å². The molecule has 0 saturated carbocycles. The number of anilines is 2. The van der Waals surface area contributed by atoms with Gasteiger partial charge in [-0.2, -0.15) is 0 Å². The molecule has 1 fully saturated rings. The highest BCUT2D eigenvalue weighted by Crippen LogP contribution is 2.21. The van der Waals surface area contributed by atoms with Gasteiger partial charge in [0.1, 0.15) is 0 Å². The van der Waals surface area contributed by atoms with Gasteiger partial charge in [0.15, 0.2) is 5.79 Å². The molecule has 0 unspecified atom stereocenters. The molecule has 1 saturated heterocycles.